The second-order valence-electron chi connectivity index (χ2n) is 8.14. The van der Waals surface area contributed by atoms with Gasteiger partial charge in [-0.2, -0.15) is 0 Å². The zero-order chi connectivity index (χ0) is 17.1. The van der Waals surface area contributed by atoms with Crippen LogP contribution in [0.4, 0.5) is 0 Å². The monoisotopic (exact) mass is 325 g/mol. The van der Waals surface area contributed by atoms with E-state index >= 15 is 0 Å². The molecule has 0 bridgehead atoms. The van der Waals surface area contributed by atoms with Crippen molar-refractivity contribution in [3.63, 3.8) is 0 Å². The molecular weight excluding hydrogens is 302 g/mol. The SMILES string of the molecule is C[C@]12C=CC(=O)C=C1CC[C@@H]1[C@@H]2C=C[C@]2(C)C(=C[N+](=O)[O-])CC[C@@H]12. The lowest BCUT2D eigenvalue weighted by molar-refractivity contribution is -0.404. The summed E-state index contributed by atoms with van der Waals surface area (Å²) in [6, 6.07) is 0. The van der Waals surface area contributed by atoms with E-state index < -0.39 is 0 Å². The fourth-order valence-corrected chi connectivity index (χ4v) is 5.79. The molecule has 24 heavy (non-hydrogen) atoms. The van der Waals surface area contributed by atoms with E-state index in [0.29, 0.717) is 17.8 Å². The number of hydrogen-bond donors (Lipinski definition) is 0. The summed E-state index contributed by atoms with van der Waals surface area (Å²) in [6.07, 6.45) is 15.3. The lowest BCUT2D eigenvalue weighted by atomic mass is 9.51. The predicted octanol–water partition coefficient (Wildman–Crippen LogP) is 4.23. The van der Waals surface area contributed by atoms with Gasteiger partial charge in [0.1, 0.15) is 0 Å². The average molecular weight is 325 g/mol. The first-order valence-corrected chi connectivity index (χ1v) is 8.83. The highest BCUT2D eigenvalue weighted by Crippen LogP contribution is 2.63. The highest BCUT2D eigenvalue weighted by atomic mass is 16.6. The number of allylic oxidation sites excluding steroid dienone is 7. The highest BCUT2D eigenvalue weighted by molar-refractivity contribution is 6.01. The van der Waals surface area contributed by atoms with E-state index in [1.807, 2.05) is 6.08 Å². The topological polar surface area (TPSA) is 60.2 Å². The smallest absolute Gasteiger partial charge is 0.234 e. The van der Waals surface area contributed by atoms with Crippen LogP contribution in [0.25, 0.3) is 0 Å². The molecule has 0 aromatic carbocycles. The molecule has 4 heteroatoms. The molecule has 0 aliphatic heterocycles. The van der Waals surface area contributed by atoms with Crippen molar-refractivity contribution >= 4 is 5.78 Å². The summed E-state index contributed by atoms with van der Waals surface area (Å²) in [4.78, 5) is 22.4. The van der Waals surface area contributed by atoms with Gasteiger partial charge in [0.2, 0.25) is 6.20 Å². The molecule has 126 valence electrons. The van der Waals surface area contributed by atoms with Crippen molar-refractivity contribution < 1.29 is 9.72 Å². The van der Waals surface area contributed by atoms with Crippen molar-refractivity contribution in [3.8, 4) is 0 Å². The average Bonchev–Trinajstić information content (AvgIpc) is 2.84. The molecule has 0 N–H and O–H groups in total. The molecule has 0 radical (unpaired) electrons. The van der Waals surface area contributed by atoms with E-state index in [-0.39, 0.29) is 21.5 Å². The summed E-state index contributed by atoms with van der Waals surface area (Å²) in [5, 5.41) is 11.0. The first kappa shape index (κ1) is 15.6. The van der Waals surface area contributed by atoms with Gasteiger partial charge in [-0.1, -0.05) is 37.6 Å². The molecule has 4 rings (SSSR count). The number of nitrogens with zero attached hydrogens (tertiary/aromatic N) is 1. The Balaban J connectivity index is 1.75. The van der Waals surface area contributed by atoms with Crippen molar-refractivity contribution in [2.75, 3.05) is 0 Å². The Kier molecular flexibility index (Phi) is 3.25. The van der Waals surface area contributed by atoms with Gasteiger partial charge in [0.15, 0.2) is 5.78 Å². The molecule has 0 unspecified atom stereocenters. The third kappa shape index (κ3) is 2.01. The third-order valence-electron chi connectivity index (χ3n) is 7.12. The molecule has 4 aliphatic rings. The van der Waals surface area contributed by atoms with Gasteiger partial charge in [0, 0.05) is 16.4 Å². The second kappa shape index (κ2) is 5.01. The summed E-state index contributed by atoms with van der Waals surface area (Å²) in [5.74, 6) is 1.47. The van der Waals surface area contributed by atoms with Crippen LogP contribution in [-0.2, 0) is 4.79 Å². The standard InChI is InChI=1S/C20H23NO3/c1-19-9-7-15(22)11-13(19)3-5-16-17-6-4-14(12-21(23)24)20(17,2)10-8-18(16)19/h7-12,16-18H,3-6H2,1-2H3/t16-,17-,18-,19-,20+/m0/s1. The molecule has 0 aromatic heterocycles. The lowest BCUT2D eigenvalue weighted by Gasteiger charge is -2.53. The summed E-state index contributed by atoms with van der Waals surface area (Å²) in [6.45, 7) is 4.41. The van der Waals surface area contributed by atoms with E-state index in [9.17, 15) is 14.9 Å². The third-order valence-corrected chi connectivity index (χ3v) is 7.12. The summed E-state index contributed by atoms with van der Waals surface area (Å²) in [7, 11) is 0. The van der Waals surface area contributed by atoms with Crippen molar-refractivity contribution in [2.45, 2.75) is 39.5 Å². The van der Waals surface area contributed by atoms with Crippen LogP contribution in [0.3, 0.4) is 0 Å². The second-order valence-corrected chi connectivity index (χ2v) is 8.14. The van der Waals surface area contributed by atoms with Crippen LogP contribution in [0.2, 0.25) is 0 Å². The van der Waals surface area contributed by atoms with Crippen molar-refractivity contribution in [2.24, 2.45) is 28.6 Å². The zero-order valence-corrected chi connectivity index (χ0v) is 14.2. The maximum atomic E-state index is 11.7. The van der Waals surface area contributed by atoms with Gasteiger partial charge in [-0.3, -0.25) is 14.9 Å². The fraction of sp³-hybridized carbons (Fsp3) is 0.550. The Morgan fingerprint density at radius 2 is 2.00 bits per heavy atom. The maximum Gasteiger partial charge on any atom is 0.234 e. The highest BCUT2D eigenvalue weighted by Gasteiger charge is 2.55. The van der Waals surface area contributed by atoms with Crippen LogP contribution >= 0.6 is 0 Å². The molecule has 0 spiro atoms. The molecule has 4 aliphatic carbocycles. The van der Waals surface area contributed by atoms with Gasteiger partial charge < -0.3 is 0 Å². The zero-order valence-electron chi connectivity index (χ0n) is 14.2. The predicted molar refractivity (Wildman–Crippen MR) is 91.6 cm³/mol. The van der Waals surface area contributed by atoms with Gasteiger partial charge in [0.25, 0.3) is 0 Å². The minimum atomic E-state index is -0.304. The minimum Gasteiger partial charge on any atom is -0.290 e. The Morgan fingerprint density at radius 3 is 2.75 bits per heavy atom. The molecular formula is C20H23NO3. The van der Waals surface area contributed by atoms with Crippen molar-refractivity contribution in [1.82, 2.24) is 0 Å². The molecule has 5 atom stereocenters. The van der Waals surface area contributed by atoms with E-state index in [2.05, 4.69) is 32.1 Å². The number of hydrogen-bond acceptors (Lipinski definition) is 3. The molecule has 4 nitrogen and oxygen atoms in total. The largest absolute Gasteiger partial charge is 0.290 e. The summed E-state index contributed by atoms with van der Waals surface area (Å²) < 4.78 is 0. The van der Waals surface area contributed by atoms with E-state index in [4.69, 9.17) is 0 Å². The minimum absolute atomic E-state index is 0.0791. The Morgan fingerprint density at radius 1 is 1.21 bits per heavy atom. The molecule has 0 saturated heterocycles. The molecule has 0 amide bonds. The van der Waals surface area contributed by atoms with Crippen LogP contribution in [0.15, 0.2) is 47.7 Å². The Labute approximate surface area is 142 Å². The van der Waals surface area contributed by atoms with E-state index in [1.165, 1.54) is 11.8 Å². The van der Waals surface area contributed by atoms with Gasteiger partial charge in [-0.15, -0.1) is 0 Å². The van der Waals surface area contributed by atoms with Crippen LogP contribution in [0.5, 0.6) is 0 Å². The first-order valence-electron chi connectivity index (χ1n) is 8.83. The first-order chi connectivity index (χ1) is 11.3. The molecule has 2 saturated carbocycles. The van der Waals surface area contributed by atoms with Crippen LogP contribution in [0, 0.1) is 38.7 Å². The quantitative estimate of drug-likeness (QED) is 0.412. The number of fused-ring (bicyclic) bond motifs is 5. The molecule has 2 fully saturated rings. The van der Waals surface area contributed by atoms with Crippen molar-refractivity contribution in [1.29, 1.82) is 0 Å². The molecule has 0 aromatic rings. The van der Waals surface area contributed by atoms with Crippen LogP contribution < -0.4 is 0 Å². The summed E-state index contributed by atoms with van der Waals surface area (Å²) in [5.41, 5.74) is 1.96. The van der Waals surface area contributed by atoms with Crippen LogP contribution in [0.1, 0.15) is 39.5 Å². The Hall–Kier alpha value is -1.97. The van der Waals surface area contributed by atoms with E-state index in [0.717, 1.165) is 31.3 Å². The van der Waals surface area contributed by atoms with Gasteiger partial charge in [0.05, 0.1) is 4.92 Å². The van der Waals surface area contributed by atoms with Crippen LogP contribution in [-0.4, -0.2) is 10.7 Å². The number of rotatable bonds is 1. The Bertz CT molecular complexity index is 744. The summed E-state index contributed by atoms with van der Waals surface area (Å²) >= 11 is 0. The molecule has 0 heterocycles. The fourth-order valence-electron chi connectivity index (χ4n) is 5.79. The number of carbonyl (C=O) groups excluding carboxylic acids is 1. The van der Waals surface area contributed by atoms with E-state index in [1.54, 1.807) is 6.08 Å². The number of ketones is 1. The maximum absolute atomic E-state index is 11.7. The van der Waals surface area contributed by atoms with Gasteiger partial charge >= 0.3 is 0 Å². The number of carbonyl (C=O) groups is 1. The van der Waals surface area contributed by atoms with Gasteiger partial charge in [-0.05, 0) is 55.6 Å². The van der Waals surface area contributed by atoms with Gasteiger partial charge in [-0.25, -0.2) is 0 Å². The normalized spacial score (nSPS) is 44.8. The lowest BCUT2D eigenvalue weighted by Crippen LogP contribution is -2.46. The van der Waals surface area contributed by atoms with Crippen molar-refractivity contribution in [3.05, 3.63) is 57.8 Å². The number of nitro groups is 1.